The largest absolute Gasteiger partial charge is 0.416 e. The first-order valence-corrected chi connectivity index (χ1v) is 7.83. The molecule has 0 fully saturated rings. The lowest BCUT2D eigenvalue weighted by atomic mass is 10.2. The Kier molecular flexibility index (Phi) is 5.09. The second-order valence-electron chi connectivity index (χ2n) is 5.30. The zero-order valence-electron chi connectivity index (χ0n) is 13.4. The molecule has 0 bridgehead atoms. The van der Waals surface area contributed by atoms with Crippen LogP contribution in [0.15, 0.2) is 48.7 Å². The number of alkyl halides is 3. The molecule has 0 spiro atoms. The van der Waals surface area contributed by atoms with Crippen molar-refractivity contribution in [1.29, 1.82) is 5.26 Å². The van der Waals surface area contributed by atoms with E-state index in [0.29, 0.717) is 11.3 Å². The monoisotopic (exact) mass is 390 g/mol. The molecule has 3 rings (SSSR count). The van der Waals surface area contributed by atoms with Crippen molar-refractivity contribution in [2.75, 3.05) is 10.6 Å². The average Bonchev–Trinajstić information content (AvgIpc) is 2.63. The van der Waals surface area contributed by atoms with E-state index in [0.717, 1.165) is 18.2 Å². The molecular weight excluding hydrogens is 381 g/mol. The molecular formula is C17H10ClF3N6. The van der Waals surface area contributed by atoms with Crippen LogP contribution in [-0.4, -0.2) is 15.2 Å². The topological polar surface area (TPSA) is 86.5 Å². The summed E-state index contributed by atoms with van der Waals surface area (Å²) >= 11 is 5.96. The standard InChI is InChI=1S/C17H10ClF3N6/c18-13-5-4-11(17(19,20)21)7-14(13)25-15-9-23-27-16(26-15)24-12-3-1-2-10(6-12)8-22/h1-7,9H,(H2,24,25,26,27). The van der Waals surface area contributed by atoms with Crippen LogP contribution in [0.5, 0.6) is 0 Å². The summed E-state index contributed by atoms with van der Waals surface area (Å²) in [4.78, 5) is 4.13. The number of hydrogen-bond donors (Lipinski definition) is 2. The average molecular weight is 391 g/mol. The molecule has 136 valence electrons. The third-order valence-electron chi connectivity index (χ3n) is 3.36. The van der Waals surface area contributed by atoms with Crippen LogP contribution in [0.4, 0.5) is 36.3 Å². The fourth-order valence-electron chi connectivity index (χ4n) is 2.15. The van der Waals surface area contributed by atoms with E-state index < -0.39 is 11.7 Å². The lowest BCUT2D eigenvalue weighted by Gasteiger charge is -2.12. The summed E-state index contributed by atoms with van der Waals surface area (Å²) in [5.41, 5.74) is 0.190. The summed E-state index contributed by atoms with van der Waals surface area (Å²) in [5.74, 6) is 0.239. The third kappa shape index (κ3) is 4.62. The molecule has 27 heavy (non-hydrogen) atoms. The van der Waals surface area contributed by atoms with E-state index in [1.54, 1.807) is 24.3 Å². The van der Waals surface area contributed by atoms with Crippen LogP contribution in [0.3, 0.4) is 0 Å². The maximum Gasteiger partial charge on any atom is 0.416 e. The van der Waals surface area contributed by atoms with Crippen molar-refractivity contribution in [2.45, 2.75) is 6.18 Å². The van der Waals surface area contributed by atoms with E-state index in [4.69, 9.17) is 16.9 Å². The van der Waals surface area contributed by atoms with E-state index in [1.807, 2.05) is 6.07 Å². The maximum atomic E-state index is 12.9. The van der Waals surface area contributed by atoms with E-state index in [-0.39, 0.29) is 22.5 Å². The van der Waals surface area contributed by atoms with Crippen molar-refractivity contribution in [3.63, 3.8) is 0 Å². The van der Waals surface area contributed by atoms with E-state index in [2.05, 4.69) is 25.8 Å². The predicted octanol–water partition coefficient (Wildman–Crippen LogP) is 4.90. The Morgan fingerprint density at radius 1 is 1.07 bits per heavy atom. The first-order valence-electron chi connectivity index (χ1n) is 7.46. The first-order chi connectivity index (χ1) is 12.8. The Balaban J connectivity index is 1.83. The molecule has 2 N–H and O–H groups in total. The van der Waals surface area contributed by atoms with Crippen LogP contribution in [0.1, 0.15) is 11.1 Å². The number of nitrogens with zero attached hydrogens (tertiary/aromatic N) is 4. The molecule has 10 heteroatoms. The number of nitrogens with one attached hydrogen (secondary N) is 2. The van der Waals surface area contributed by atoms with Gasteiger partial charge in [0.1, 0.15) is 0 Å². The Bertz CT molecular complexity index is 1020. The molecule has 0 aliphatic rings. The summed E-state index contributed by atoms with van der Waals surface area (Å²) in [5, 5.41) is 22.1. The van der Waals surface area contributed by atoms with E-state index in [1.165, 1.54) is 6.20 Å². The number of rotatable bonds is 4. The van der Waals surface area contributed by atoms with Crippen molar-refractivity contribution in [2.24, 2.45) is 0 Å². The Hall–Kier alpha value is -3.38. The Morgan fingerprint density at radius 2 is 1.89 bits per heavy atom. The van der Waals surface area contributed by atoms with Gasteiger partial charge in [0.15, 0.2) is 5.82 Å². The van der Waals surface area contributed by atoms with Gasteiger partial charge in [0.2, 0.25) is 5.95 Å². The van der Waals surface area contributed by atoms with Gasteiger partial charge in [-0.1, -0.05) is 17.7 Å². The minimum Gasteiger partial charge on any atom is -0.338 e. The highest BCUT2D eigenvalue weighted by Crippen LogP contribution is 2.34. The highest BCUT2D eigenvalue weighted by Gasteiger charge is 2.31. The number of benzene rings is 2. The van der Waals surface area contributed by atoms with Gasteiger partial charge in [-0.15, -0.1) is 5.10 Å². The maximum absolute atomic E-state index is 12.9. The Morgan fingerprint density at radius 3 is 2.63 bits per heavy atom. The van der Waals surface area contributed by atoms with Crippen molar-refractivity contribution in [3.05, 3.63) is 64.8 Å². The molecule has 6 nitrogen and oxygen atoms in total. The number of anilines is 4. The summed E-state index contributed by atoms with van der Waals surface area (Å²) in [6.07, 6.45) is -3.25. The van der Waals surface area contributed by atoms with E-state index >= 15 is 0 Å². The van der Waals surface area contributed by atoms with Crippen LogP contribution in [-0.2, 0) is 6.18 Å². The summed E-state index contributed by atoms with van der Waals surface area (Å²) in [6.45, 7) is 0. The normalized spacial score (nSPS) is 10.9. The highest BCUT2D eigenvalue weighted by atomic mass is 35.5. The Labute approximate surface area is 156 Å². The van der Waals surface area contributed by atoms with Gasteiger partial charge >= 0.3 is 6.18 Å². The minimum atomic E-state index is -4.50. The smallest absolute Gasteiger partial charge is 0.338 e. The molecule has 2 aromatic carbocycles. The SMILES string of the molecule is N#Cc1cccc(Nc2nncc(Nc3cc(C(F)(F)F)ccc3Cl)n2)c1. The minimum absolute atomic E-state index is 0.0319. The first kappa shape index (κ1) is 18.4. The molecule has 0 saturated carbocycles. The molecule has 0 amide bonds. The number of aromatic nitrogens is 3. The summed E-state index contributed by atoms with van der Waals surface area (Å²) in [6, 6.07) is 11.5. The summed E-state index contributed by atoms with van der Waals surface area (Å²) < 4.78 is 38.6. The summed E-state index contributed by atoms with van der Waals surface area (Å²) in [7, 11) is 0. The fraction of sp³-hybridized carbons (Fsp3) is 0.0588. The van der Waals surface area contributed by atoms with Crippen LogP contribution >= 0.6 is 11.6 Å². The van der Waals surface area contributed by atoms with Crippen molar-refractivity contribution in [1.82, 2.24) is 15.2 Å². The number of halogens is 4. The van der Waals surface area contributed by atoms with Crippen LogP contribution in [0.2, 0.25) is 5.02 Å². The van der Waals surface area contributed by atoms with Crippen LogP contribution in [0.25, 0.3) is 0 Å². The van der Waals surface area contributed by atoms with E-state index in [9.17, 15) is 13.2 Å². The third-order valence-corrected chi connectivity index (χ3v) is 3.69. The number of hydrogen-bond acceptors (Lipinski definition) is 6. The van der Waals surface area contributed by atoms with Gasteiger partial charge in [-0.25, -0.2) is 0 Å². The molecule has 1 aromatic heterocycles. The molecule has 3 aromatic rings. The van der Waals surface area contributed by atoms with Crippen LogP contribution in [0, 0.1) is 11.3 Å². The quantitative estimate of drug-likeness (QED) is 0.658. The highest BCUT2D eigenvalue weighted by molar-refractivity contribution is 6.33. The predicted molar refractivity (Wildman–Crippen MR) is 94.0 cm³/mol. The molecule has 0 aliphatic heterocycles. The molecule has 0 radical (unpaired) electrons. The van der Waals surface area contributed by atoms with Gasteiger partial charge in [0.05, 0.1) is 34.1 Å². The van der Waals surface area contributed by atoms with Crippen molar-refractivity contribution >= 4 is 34.7 Å². The van der Waals surface area contributed by atoms with Gasteiger partial charge in [-0.05, 0) is 36.4 Å². The van der Waals surface area contributed by atoms with Gasteiger partial charge in [-0.3, -0.25) is 0 Å². The molecule has 0 atom stereocenters. The van der Waals surface area contributed by atoms with Crippen molar-refractivity contribution in [3.8, 4) is 6.07 Å². The zero-order valence-corrected chi connectivity index (χ0v) is 14.2. The van der Waals surface area contributed by atoms with Crippen LogP contribution < -0.4 is 10.6 Å². The second kappa shape index (κ2) is 7.47. The van der Waals surface area contributed by atoms with Gasteiger partial charge in [-0.2, -0.15) is 28.5 Å². The van der Waals surface area contributed by atoms with Gasteiger partial charge in [0.25, 0.3) is 0 Å². The lowest BCUT2D eigenvalue weighted by molar-refractivity contribution is -0.137. The van der Waals surface area contributed by atoms with Gasteiger partial charge in [0, 0.05) is 5.69 Å². The zero-order chi connectivity index (χ0) is 19.4. The fourth-order valence-corrected chi connectivity index (χ4v) is 2.31. The second-order valence-corrected chi connectivity index (χ2v) is 5.71. The molecule has 0 aliphatic carbocycles. The number of nitriles is 1. The molecule has 0 unspecified atom stereocenters. The van der Waals surface area contributed by atoms with Crippen molar-refractivity contribution < 1.29 is 13.2 Å². The van der Waals surface area contributed by atoms with Gasteiger partial charge < -0.3 is 10.6 Å². The molecule has 1 heterocycles. The lowest BCUT2D eigenvalue weighted by Crippen LogP contribution is -2.06. The molecule has 0 saturated heterocycles.